The monoisotopic (exact) mass is 570 g/mol. The molecule has 0 spiro atoms. The zero-order chi connectivity index (χ0) is 28.6. The van der Waals surface area contributed by atoms with Crippen LogP contribution in [0, 0.1) is 11.8 Å². The molecule has 218 valence electrons. The first kappa shape index (κ1) is 30.9. The SMILES string of the molecule is CC(C)CCOC(=O)C[C@H](NP(=O)(O)CO[C@H]1CO[C@@H](n2cnc3c(N)ncnc32)C1)C(=O)OCCC(C)C. The smallest absolute Gasteiger partial charge is 0.324 e. The maximum Gasteiger partial charge on any atom is 0.324 e. The van der Waals surface area contributed by atoms with Crippen molar-refractivity contribution < 1.29 is 38.0 Å². The summed E-state index contributed by atoms with van der Waals surface area (Å²) in [7, 11) is -4.22. The van der Waals surface area contributed by atoms with E-state index in [0.29, 0.717) is 42.3 Å². The number of hydrogen-bond acceptors (Lipinski definition) is 11. The van der Waals surface area contributed by atoms with Gasteiger partial charge in [0.05, 0.1) is 38.7 Å². The summed E-state index contributed by atoms with van der Waals surface area (Å²) in [5, 5.41) is 2.38. The van der Waals surface area contributed by atoms with Gasteiger partial charge in [-0.1, -0.05) is 27.7 Å². The van der Waals surface area contributed by atoms with Gasteiger partial charge in [0.2, 0.25) is 0 Å². The Kier molecular flexibility index (Phi) is 11.2. The number of rotatable bonds is 15. The van der Waals surface area contributed by atoms with Gasteiger partial charge in [0.1, 0.15) is 30.5 Å². The molecule has 0 aromatic carbocycles. The van der Waals surface area contributed by atoms with Crippen molar-refractivity contribution in [3.63, 3.8) is 0 Å². The minimum Gasteiger partial charge on any atom is -0.466 e. The van der Waals surface area contributed by atoms with Crippen LogP contribution >= 0.6 is 7.52 Å². The van der Waals surface area contributed by atoms with Crippen molar-refractivity contribution in [2.75, 3.05) is 31.9 Å². The average molecular weight is 571 g/mol. The molecule has 0 saturated carbocycles. The number of ether oxygens (including phenoxy) is 4. The van der Waals surface area contributed by atoms with E-state index in [4.69, 9.17) is 24.7 Å². The molecule has 2 aromatic rings. The van der Waals surface area contributed by atoms with E-state index >= 15 is 0 Å². The second-order valence-electron chi connectivity index (χ2n) is 10.4. The van der Waals surface area contributed by atoms with Gasteiger partial charge in [-0.15, -0.1) is 0 Å². The summed E-state index contributed by atoms with van der Waals surface area (Å²) in [6.45, 7) is 8.42. The van der Waals surface area contributed by atoms with Crippen LogP contribution in [-0.4, -0.2) is 74.7 Å². The molecule has 1 aliphatic rings. The van der Waals surface area contributed by atoms with E-state index < -0.39 is 50.6 Å². The van der Waals surface area contributed by atoms with Crippen LogP contribution in [-0.2, 0) is 33.1 Å². The maximum absolute atomic E-state index is 12.9. The molecule has 1 aliphatic heterocycles. The second kappa shape index (κ2) is 14.1. The van der Waals surface area contributed by atoms with Crippen LogP contribution in [0.25, 0.3) is 11.2 Å². The maximum atomic E-state index is 12.9. The zero-order valence-corrected chi connectivity index (χ0v) is 23.7. The fourth-order valence-electron chi connectivity index (χ4n) is 3.77. The molecule has 1 fully saturated rings. The Morgan fingerprint density at radius 3 is 2.56 bits per heavy atom. The largest absolute Gasteiger partial charge is 0.466 e. The van der Waals surface area contributed by atoms with Crippen molar-refractivity contribution in [1.82, 2.24) is 24.6 Å². The minimum absolute atomic E-state index is 0.129. The third-order valence-electron chi connectivity index (χ3n) is 6.03. The minimum atomic E-state index is -4.22. The quantitative estimate of drug-likeness (QED) is 0.209. The summed E-state index contributed by atoms with van der Waals surface area (Å²) in [5.74, 6) is -0.592. The Labute approximate surface area is 227 Å². The van der Waals surface area contributed by atoms with Gasteiger partial charge in [-0.25, -0.2) is 20.0 Å². The number of nitrogen functional groups attached to an aromatic ring is 1. The van der Waals surface area contributed by atoms with Crippen LogP contribution in [0.3, 0.4) is 0 Å². The number of aromatic nitrogens is 4. The van der Waals surface area contributed by atoms with Crippen LogP contribution in [0.15, 0.2) is 12.7 Å². The number of nitrogens with one attached hydrogen (secondary N) is 1. The van der Waals surface area contributed by atoms with Gasteiger partial charge < -0.3 is 29.6 Å². The Balaban J connectivity index is 1.56. The highest BCUT2D eigenvalue weighted by Gasteiger charge is 2.35. The summed E-state index contributed by atoms with van der Waals surface area (Å²) in [6, 6.07) is -1.36. The lowest BCUT2D eigenvalue weighted by Gasteiger charge is -2.22. The molecule has 1 saturated heterocycles. The van der Waals surface area contributed by atoms with Crippen molar-refractivity contribution in [3.8, 4) is 0 Å². The topological polar surface area (TPSA) is 190 Å². The van der Waals surface area contributed by atoms with Gasteiger partial charge in [-0.05, 0) is 24.7 Å². The van der Waals surface area contributed by atoms with Gasteiger partial charge in [-0.2, -0.15) is 0 Å². The average Bonchev–Trinajstić information content (AvgIpc) is 3.49. The number of nitrogens with zero attached hydrogens (tertiary/aromatic N) is 4. The Morgan fingerprint density at radius 1 is 1.18 bits per heavy atom. The fourth-order valence-corrected chi connectivity index (χ4v) is 4.94. The van der Waals surface area contributed by atoms with Gasteiger partial charge in [-0.3, -0.25) is 18.7 Å². The predicted octanol–water partition coefficient (Wildman–Crippen LogP) is 2.38. The molecule has 15 heteroatoms. The summed E-state index contributed by atoms with van der Waals surface area (Å²) in [6.07, 6.45) is 2.48. The van der Waals surface area contributed by atoms with E-state index in [0.717, 1.165) is 0 Å². The number of carbonyl (C=O) groups excluding carboxylic acids is 2. The van der Waals surface area contributed by atoms with Crippen LogP contribution in [0.5, 0.6) is 0 Å². The summed E-state index contributed by atoms with van der Waals surface area (Å²) in [5.41, 5.74) is 6.79. The molecule has 3 heterocycles. The number of esters is 2. The fraction of sp³-hybridized carbons (Fsp3) is 0.708. The third-order valence-corrected chi connectivity index (χ3v) is 7.25. The molecular formula is C24H39N6O8P. The first-order chi connectivity index (χ1) is 18.4. The van der Waals surface area contributed by atoms with Crippen molar-refractivity contribution in [1.29, 1.82) is 0 Å². The molecule has 0 bridgehead atoms. The molecule has 1 unspecified atom stereocenters. The predicted molar refractivity (Wildman–Crippen MR) is 141 cm³/mol. The summed E-state index contributed by atoms with van der Waals surface area (Å²) >= 11 is 0. The number of nitrogens with two attached hydrogens (primary N) is 1. The molecule has 39 heavy (non-hydrogen) atoms. The Morgan fingerprint density at radius 2 is 1.87 bits per heavy atom. The highest BCUT2D eigenvalue weighted by atomic mass is 31.2. The van der Waals surface area contributed by atoms with Crippen molar-refractivity contribution >= 4 is 36.4 Å². The molecule has 4 N–H and O–H groups in total. The van der Waals surface area contributed by atoms with Gasteiger partial charge in [0.25, 0.3) is 7.52 Å². The van der Waals surface area contributed by atoms with Gasteiger partial charge >= 0.3 is 11.9 Å². The van der Waals surface area contributed by atoms with Crippen LogP contribution < -0.4 is 10.8 Å². The zero-order valence-electron chi connectivity index (χ0n) is 22.8. The number of anilines is 1. The lowest BCUT2D eigenvalue weighted by molar-refractivity contribution is -0.152. The highest BCUT2D eigenvalue weighted by Crippen LogP contribution is 2.38. The number of hydrogen-bond donors (Lipinski definition) is 3. The highest BCUT2D eigenvalue weighted by molar-refractivity contribution is 7.55. The molecular weight excluding hydrogens is 531 g/mol. The van der Waals surface area contributed by atoms with Crippen LogP contribution in [0.4, 0.5) is 5.82 Å². The third kappa shape index (κ3) is 9.50. The molecule has 0 amide bonds. The van der Waals surface area contributed by atoms with E-state index in [-0.39, 0.29) is 25.6 Å². The van der Waals surface area contributed by atoms with Gasteiger partial charge in [0.15, 0.2) is 11.5 Å². The molecule has 0 radical (unpaired) electrons. The first-order valence-corrected chi connectivity index (χ1v) is 14.9. The van der Waals surface area contributed by atoms with Crippen molar-refractivity contribution in [2.45, 2.75) is 71.8 Å². The summed E-state index contributed by atoms with van der Waals surface area (Å²) in [4.78, 5) is 47.9. The lowest BCUT2D eigenvalue weighted by Crippen LogP contribution is -2.39. The normalized spacial score (nSPS) is 19.9. The van der Waals surface area contributed by atoms with E-state index in [1.165, 1.54) is 12.7 Å². The van der Waals surface area contributed by atoms with Crippen molar-refractivity contribution in [3.05, 3.63) is 12.7 Å². The van der Waals surface area contributed by atoms with Crippen LogP contribution in [0.1, 0.15) is 59.6 Å². The summed E-state index contributed by atoms with van der Waals surface area (Å²) < 4.78 is 36.5. The molecule has 4 atom stereocenters. The van der Waals surface area contributed by atoms with E-state index in [9.17, 15) is 19.0 Å². The number of carbonyl (C=O) groups is 2. The Hall–Kier alpha value is -2.64. The molecule has 14 nitrogen and oxygen atoms in total. The Bertz CT molecular complexity index is 1160. The first-order valence-electron chi connectivity index (χ1n) is 13.0. The molecule has 2 aromatic heterocycles. The van der Waals surface area contributed by atoms with E-state index in [1.807, 2.05) is 27.7 Å². The molecule has 3 rings (SSSR count). The standard InChI is InChI=1S/C24H39N6O8P/c1-15(2)5-7-35-20(31)10-18(24(32)36-8-6-16(3)4)29-39(33,34)14-38-17-9-19(37-11-17)30-13-28-21-22(25)26-12-27-23(21)30/h12-13,15-19H,5-11,14H2,1-4H3,(H2,25,26,27)(H2,29,33,34)/t17-,18+,19-/m1/s1. The number of imidazole rings is 1. The van der Waals surface area contributed by atoms with Crippen LogP contribution in [0.2, 0.25) is 0 Å². The van der Waals surface area contributed by atoms with E-state index in [1.54, 1.807) is 4.57 Å². The second-order valence-corrected chi connectivity index (χ2v) is 12.3. The lowest BCUT2D eigenvalue weighted by atomic mass is 10.1. The number of fused-ring (bicyclic) bond motifs is 1. The van der Waals surface area contributed by atoms with E-state index in [2.05, 4.69) is 20.0 Å². The van der Waals surface area contributed by atoms with Crippen molar-refractivity contribution in [2.24, 2.45) is 11.8 Å². The molecule has 0 aliphatic carbocycles. The van der Waals surface area contributed by atoms with Gasteiger partial charge in [0, 0.05) is 6.42 Å².